The van der Waals surface area contributed by atoms with E-state index in [1.165, 1.54) is 0 Å². The van der Waals surface area contributed by atoms with E-state index >= 15 is 0 Å². The monoisotopic (exact) mass is 323 g/mol. The fourth-order valence-electron chi connectivity index (χ4n) is 2.27. The summed E-state index contributed by atoms with van der Waals surface area (Å²) in [5, 5.41) is 10.4. The Labute approximate surface area is 139 Å². The van der Waals surface area contributed by atoms with E-state index in [0.29, 0.717) is 18.1 Å². The van der Waals surface area contributed by atoms with Gasteiger partial charge in [0.15, 0.2) is 0 Å². The van der Waals surface area contributed by atoms with E-state index < -0.39 is 0 Å². The van der Waals surface area contributed by atoms with Crippen LogP contribution in [0.4, 0.5) is 5.95 Å². The van der Waals surface area contributed by atoms with Crippen LogP contribution in [0.2, 0.25) is 0 Å². The lowest BCUT2D eigenvalue weighted by Gasteiger charge is -2.17. The second-order valence-corrected chi connectivity index (χ2v) is 5.25. The Morgan fingerprint density at radius 2 is 1.92 bits per heavy atom. The number of hydrogen-bond acceptors (Lipinski definition) is 6. The van der Waals surface area contributed by atoms with Crippen LogP contribution >= 0.6 is 0 Å². The molecule has 2 heterocycles. The molecule has 0 aliphatic heterocycles. The second-order valence-electron chi connectivity index (χ2n) is 5.25. The summed E-state index contributed by atoms with van der Waals surface area (Å²) in [5.74, 6) is 0.469. The van der Waals surface area contributed by atoms with Crippen LogP contribution in [0.15, 0.2) is 49.3 Å². The van der Waals surface area contributed by atoms with Gasteiger partial charge in [-0.25, -0.2) is 9.97 Å². The molecule has 8 heteroatoms. The van der Waals surface area contributed by atoms with E-state index in [-0.39, 0.29) is 5.91 Å². The molecule has 0 saturated heterocycles. The number of benzene rings is 1. The number of nitrogens with zero attached hydrogens (tertiary/aromatic N) is 6. The van der Waals surface area contributed by atoms with Crippen molar-refractivity contribution in [2.45, 2.75) is 6.54 Å². The van der Waals surface area contributed by atoms with Crippen molar-refractivity contribution in [3.8, 4) is 5.69 Å². The third-order valence-electron chi connectivity index (χ3n) is 3.51. The minimum Gasteiger partial charge on any atom is -0.357 e. The quantitative estimate of drug-likeness (QED) is 0.763. The lowest BCUT2D eigenvalue weighted by molar-refractivity contribution is 0.0785. The highest BCUT2D eigenvalue weighted by Crippen LogP contribution is 2.13. The van der Waals surface area contributed by atoms with Crippen LogP contribution in [0.5, 0.6) is 0 Å². The first-order chi connectivity index (χ1) is 11.7. The smallest absolute Gasteiger partial charge is 0.253 e. The maximum absolute atomic E-state index is 12.6. The summed E-state index contributed by atoms with van der Waals surface area (Å²) in [6.45, 7) is 0.430. The highest BCUT2D eigenvalue weighted by atomic mass is 16.2. The molecule has 0 aliphatic rings. The first-order valence-electron chi connectivity index (χ1n) is 7.36. The van der Waals surface area contributed by atoms with Crippen LogP contribution in [0, 0.1) is 0 Å². The predicted molar refractivity (Wildman–Crippen MR) is 88.7 cm³/mol. The van der Waals surface area contributed by atoms with Crippen molar-refractivity contribution in [2.75, 3.05) is 19.4 Å². The first-order valence-corrected chi connectivity index (χ1v) is 7.36. The topological polar surface area (TPSA) is 88.8 Å². The van der Waals surface area contributed by atoms with Gasteiger partial charge in [0.1, 0.15) is 12.7 Å². The van der Waals surface area contributed by atoms with Crippen LogP contribution in [0.3, 0.4) is 0 Å². The molecule has 0 saturated carbocycles. The van der Waals surface area contributed by atoms with E-state index in [1.54, 1.807) is 54.7 Å². The molecule has 0 spiro atoms. The maximum Gasteiger partial charge on any atom is 0.253 e. The van der Waals surface area contributed by atoms with Crippen LogP contribution in [0.25, 0.3) is 5.69 Å². The standard InChI is InChI=1S/C16H17N7O/c1-17-16-18-7-12(8-19-16)9-22(2)15(24)13-4-3-5-14(6-13)23-10-20-21-11-23/h3-8,10-11H,9H2,1-2H3,(H,17,18,19). The van der Waals surface area contributed by atoms with Gasteiger partial charge in [0, 0.05) is 49.8 Å². The van der Waals surface area contributed by atoms with Crippen molar-refractivity contribution in [3.63, 3.8) is 0 Å². The number of aromatic nitrogens is 5. The Morgan fingerprint density at radius 1 is 1.21 bits per heavy atom. The zero-order valence-corrected chi connectivity index (χ0v) is 13.4. The first kappa shape index (κ1) is 15.6. The molecule has 0 fully saturated rings. The molecule has 1 N–H and O–H groups in total. The highest BCUT2D eigenvalue weighted by molar-refractivity contribution is 5.94. The SMILES string of the molecule is CNc1ncc(CN(C)C(=O)c2cccc(-n3cnnc3)c2)cn1. The zero-order chi connectivity index (χ0) is 16.9. The molecule has 2 aromatic heterocycles. The Hall–Kier alpha value is -3.29. The Kier molecular flexibility index (Phi) is 4.46. The minimum absolute atomic E-state index is 0.0809. The van der Waals surface area contributed by atoms with Gasteiger partial charge in [-0.2, -0.15) is 0 Å². The number of rotatable bonds is 5. The van der Waals surface area contributed by atoms with Crippen LogP contribution in [-0.4, -0.2) is 49.6 Å². The van der Waals surface area contributed by atoms with Gasteiger partial charge < -0.3 is 10.2 Å². The number of carbonyl (C=O) groups excluding carboxylic acids is 1. The summed E-state index contributed by atoms with van der Waals surface area (Å²) in [6.07, 6.45) is 6.59. The molecule has 24 heavy (non-hydrogen) atoms. The zero-order valence-electron chi connectivity index (χ0n) is 13.4. The maximum atomic E-state index is 12.6. The molecule has 8 nitrogen and oxygen atoms in total. The van der Waals surface area contributed by atoms with E-state index in [4.69, 9.17) is 0 Å². The molecular weight excluding hydrogens is 306 g/mol. The van der Waals surface area contributed by atoms with Crippen LogP contribution < -0.4 is 5.32 Å². The van der Waals surface area contributed by atoms with E-state index in [2.05, 4.69) is 25.5 Å². The third kappa shape index (κ3) is 3.37. The molecule has 0 bridgehead atoms. The molecular formula is C16H17N7O. The molecule has 3 rings (SSSR count). The summed E-state index contributed by atoms with van der Waals surface area (Å²) >= 11 is 0. The predicted octanol–water partition coefficient (Wildman–Crippen LogP) is 1.37. The normalized spacial score (nSPS) is 10.4. The number of nitrogens with one attached hydrogen (secondary N) is 1. The summed E-state index contributed by atoms with van der Waals surface area (Å²) in [6, 6.07) is 7.32. The average molecular weight is 323 g/mol. The Morgan fingerprint density at radius 3 is 2.58 bits per heavy atom. The molecule has 0 unspecified atom stereocenters. The van der Waals surface area contributed by atoms with Crippen molar-refractivity contribution in [3.05, 3.63) is 60.4 Å². The molecule has 3 aromatic rings. The largest absolute Gasteiger partial charge is 0.357 e. The average Bonchev–Trinajstić information content (AvgIpc) is 3.16. The van der Waals surface area contributed by atoms with Gasteiger partial charge in [-0.05, 0) is 18.2 Å². The van der Waals surface area contributed by atoms with Gasteiger partial charge in [-0.3, -0.25) is 9.36 Å². The molecule has 122 valence electrons. The molecule has 0 atom stereocenters. The lowest BCUT2D eigenvalue weighted by Crippen LogP contribution is -2.26. The second kappa shape index (κ2) is 6.86. The number of anilines is 1. The Bertz CT molecular complexity index is 815. The van der Waals surface area contributed by atoms with Gasteiger partial charge in [0.25, 0.3) is 5.91 Å². The van der Waals surface area contributed by atoms with Gasteiger partial charge in [-0.1, -0.05) is 6.07 Å². The van der Waals surface area contributed by atoms with Gasteiger partial charge in [-0.15, -0.1) is 10.2 Å². The highest BCUT2D eigenvalue weighted by Gasteiger charge is 2.13. The van der Waals surface area contributed by atoms with Crippen molar-refractivity contribution in [1.82, 2.24) is 29.6 Å². The molecule has 0 radical (unpaired) electrons. The molecule has 0 aliphatic carbocycles. The van der Waals surface area contributed by atoms with Gasteiger partial charge >= 0.3 is 0 Å². The summed E-state index contributed by atoms with van der Waals surface area (Å²) < 4.78 is 1.75. The molecule has 1 amide bonds. The van der Waals surface area contributed by atoms with Crippen LogP contribution in [-0.2, 0) is 6.54 Å². The van der Waals surface area contributed by atoms with E-state index in [9.17, 15) is 4.79 Å². The Balaban J connectivity index is 1.74. The molecule has 1 aromatic carbocycles. The summed E-state index contributed by atoms with van der Waals surface area (Å²) in [5.41, 5.74) is 2.29. The lowest BCUT2D eigenvalue weighted by atomic mass is 10.1. The van der Waals surface area contributed by atoms with E-state index in [1.807, 2.05) is 18.2 Å². The van der Waals surface area contributed by atoms with Crippen molar-refractivity contribution in [2.24, 2.45) is 0 Å². The van der Waals surface area contributed by atoms with Gasteiger partial charge in [0.05, 0.1) is 0 Å². The van der Waals surface area contributed by atoms with Crippen LogP contribution in [0.1, 0.15) is 15.9 Å². The number of carbonyl (C=O) groups is 1. The van der Waals surface area contributed by atoms with Gasteiger partial charge in [0.2, 0.25) is 5.95 Å². The van der Waals surface area contributed by atoms with Crippen molar-refractivity contribution >= 4 is 11.9 Å². The fraction of sp³-hybridized carbons (Fsp3) is 0.188. The van der Waals surface area contributed by atoms with Crippen molar-refractivity contribution in [1.29, 1.82) is 0 Å². The number of hydrogen-bond donors (Lipinski definition) is 1. The number of amides is 1. The van der Waals surface area contributed by atoms with E-state index in [0.717, 1.165) is 11.3 Å². The summed E-state index contributed by atoms with van der Waals surface area (Å²) in [7, 11) is 3.51. The van der Waals surface area contributed by atoms with Crippen molar-refractivity contribution < 1.29 is 4.79 Å². The minimum atomic E-state index is -0.0809. The third-order valence-corrected chi connectivity index (χ3v) is 3.51. The summed E-state index contributed by atoms with van der Waals surface area (Å²) in [4.78, 5) is 22.6. The fourth-order valence-corrected chi connectivity index (χ4v) is 2.27.